The van der Waals surface area contributed by atoms with Gasteiger partial charge in [-0.1, -0.05) is 30.3 Å². The van der Waals surface area contributed by atoms with Gasteiger partial charge in [0.25, 0.3) is 5.91 Å². The van der Waals surface area contributed by atoms with E-state index in [0.717, 1.165) is 12.0 Å². The SMILES string of the molecule is O=C(COC(=O)[C@@H]1CCCO1)NCc1ccccc1. The van der Waals surface area contributed by atoms with Crippen LogP contribution in [0.15, 0.2) is 30.3 Å². The summed E-state index contributed by atoms with van der Waals surface area (Å²) in [7, 11) is 0. The van der Waals surface area contributed by atoms with E-state index in [4.69, 9.17) is 9.47 Å². The number of carbonyl (C=O) groups excluding carboxylic acids is 2. The largest absolute Gasteiger partial charge is 0.454 e. The Hall–Kier alpha value is -1.88. The number of esters is 1. The van der Waals surface area contributed by atoms with Gasteiger partial charge in [-0.15, -0.1) is 0 Å². The second-order valence-corrected chi connectivity index (χ2v) is 4.37. The fraction of sp³-hybridized carbons (Fsp3) is 0.429. The Morgan fingerprint density at radius 3 is 2.79 bits per heavy atom. The van der Waals surface area contributed by atoms with Crippen molar-refractivity contribution in [1.29, 1.82) is 0 Å². The van der Waals surface area contributed by atoms with Crippen LogP contribution in [-0.4, -0.2) is 31.2 Å². The lowest BCUT2D eigenvalue weighted by Gasteiger charge is -2.09. The molecule has 1 heterocycles. The van der Waals surface area contributed by atoms with Gasteiger partial charge in [-0.25, -0.2) is 4.79 Å². The number of amides is 1. The highest BCUT2D eigenvalue weighted by Crippen LogP contribution is 2.13. The number of ether oxygens (including phenoxy) is 2. The molecule has 1 amide bonds. The van der Waals surface area contributed by atoms with Gasteiger partial charge in [0.05, 0.1) is 0 Å². The first-order chi connectivity index (χ1) is 9.25. The molecule has 102 valence electrons. The quantitative estimate of drug-likeness (QED) is 0.806. The minimum absolute atomic E-state index is 0.258. The van der Waals surface area contributed by atoms with Crippen LogP contribution in [0.3, 0.4) is 0 Å². The third kappa shape index (κ3) is 4.37. The normalized spacial score (nSPS) is 18.0. The number of carbonyl (C=O) groups is 2. The summed E-state index contributed by atoms with van der Waals surface area (Å²) in [5.74, 6) is -0.762. The van der Waals surface area contributed by atoms with Crippen molar-refractivity contribution in [3.8, 4) is 0 Å². The standard InChI is InChI=1S/C14H17NO4/c16-13(15-9-11-5-2-1-3-6-11)10-19-14(17)12-7-4-8-18-12/h1-3,5-6,12H,4,7-10H2,(H,15,16)/t12-/m0/s1. The molecule has 1 aliphatic heterocycles. The molecule has 0 spiro atoms. The molecule has 0 radical (unpaired) electrons. The van der Waals surface area contributed by atoms with E-state index in [0.29, 0.717) is 19.6 Å². The molecular weight excluding hydrogens is 246 g/mol. The van der Waals surface area contributed by atoms with Crippen molar-refractivity contribution in [2.24, 2.45) is 0 Å². The summed E-state index contributed by atoms with van der Waals surface area (Å²) in [6.45, 7) is 0.753. The van der Waals surface area contributed by atoms with Crippen LogP contribution in [0.4, 0.5) is 0 Å². The van der Waals surface area contributed by atoms with Gasteiger partial charge in [0, 0.05) is 13.2 Å². The average molecular weight is 263 g/mol. The molecule has 1 aromatic rings. The molecule has 5 nitrogen and oxygen atoms in total. The van der Waals surface area contributed by atoms with E-state index in [2.05, 4.69) is 5.32 Å². The Balaban J connectivity index is 1.65. The van der Waals surface area contributed by atoms with E-state index >= 15 is 0 Å². The third-order valence-electron chi connectivity index (χ3n) is 2.87. The van der Waals surface area contributed by atoms with Crippen LogP contribution in [0.1, 0.15) is 18.4 Å². The smallest absolute Gasteiger partial charge is 0.335 e. The molecule has 0 unspecified atom stereocenters. The van der Waals surface area contributed by atoms with Crippen molar-refractivity contribution < 1.29 is 19.1 Å². The molecule has 1 atom stereocenters. The molecule has 1 saturated heterocycles. The van der Waals surface area contributed by atoms with Crippen molar-refractivity contribution in [2.45, 2.75) is 25.5 Å². The number of benzene rings is 1. The molecule has 5 heteroatoms. The van der Waals surface area contributed by atoms with Crippen molar-refractivity contribution >= 4 is 11.9 Å². The average Bonchev–Trinajstić information content (AvgIpc) is 2.98. The van der Waals surface area contributed by atoms with Gasteiger partial charge < -0.3 is 14.8 Å². The number of hydrogen-bond donors (Lipinski definition) is 1. The lowest BCUT2D eigenvalue weighted by atomic mass is 10.2. The molecule has 1 N–H and O–H groups in total. The zero-order valence-electron chi connectivity index (χ0n) is 10.6. The van der Waals surface area contributed by atoms with Crippen LogP contribution < -0.4 is 5.32 Å². The summed E-state index contributed by atoms with van der Waals surface area (Å²) in [6, 6.07) is 9.55. The van der Waals surface area contributed by atoms with Crippen LogP contribution in [0, 0.1) is 0 Å². The molecule has 0 aromatic heterocycles. The van der Waals surface area contributed by atoms with Gasteiger partial charge in [0.2, 0.25) is 0 Å². The highest BCUT2D eigenvalue weighted by atomic mass is 16.6. The summed E-state index contributed by atoms with van der Waals surface area (Å²) >= 11 is 0. The van der Waals surface area contributed by atoms with Crippen molar-refractivity contribution in [3.63, 3.8) is 0 Å². The maximum Gasteiger partial charge on any atom is 0.335 e. The van der Waals surface area contributed by atoms with Crippen LogP contribution >= 0.6 is 0 Å². The van der Waals surface area contributed by atoms with Crippen LogP contribution in [0.5, 0.6) is 0 Å². The zero-order chi connectivity index (χ0) is 13.5. The lowest BCUT2D eigenvalue weighted by Crippen LogP contribution is -2.31. The predicted molar refractivity (Wildman–Crippen MR) is 68.2 cm³/mol. The van der Waals surface area contributed by atoms with E-state index in [9.17, 15) is 9.59 Å². The summed E-state index contributed by atoms with van der Waals surface area (Å²) in [4.78, 5) is 23.0. The fourth-order valence-corrected chi connectivity index (χ4v) is 1.84. The summed E-state index contributed by atoms with van der Waals surface area (Å²) < 4.78 is 10.1. The lowest BCUT2D eigenvalue weighted by molar-refractivity contribution is -0.157. The summed E-state index contributed by atoms with van der Waals surface area (Å²) in [6.07, 6.45) is 1.03. The van der Waals surface area contributed by atoms with E-state index in [1.807, 2.05) is 30.3 Å². The second-order valence-electron chi connectivity index (χ2n) is 4.37. The van der Waals surface area contributed by atoms with Crippen LogP contribution in [0.25, 0.3) is 0 Å². The molecular formula is C14H17NO4. The third-order valence-corrected chi connectivity index (χ3v) is 2.87. The van der Waals surface area contributed by atoms with Gasteiger partial charge in [-0.2, -0.15) is 0 Å². The molecule has 0 aliphatic carbocycles. The van der Waals surface area contributed by atoms with Crippen LogP contribution in [0.2, 0.25) is 0 Å². The second kappa shape index (κ2) is 6.89. The van der Waals surface area contributed by atoms with Gasteiger partial charge in [0.15, 0.2) is 12.7 Å². The monoisotopic (exact) mass is 263 g/mol. The Kier molecular flexibility index (Phi) is 4.92. The van der Waals surface area contributed by atoms with Gasteiger partial charge in [-0.05, 0) is 18.4 Å². The topological polar surface area (TPSA) is 64.6 Å². The maximum absolute atomic E-state index is 11.5. The summed E-state index contributed by atoms with van der Waals surface area (Å²) in [5, 5.41) is 2.69. The van der Waals surface area contributed by atoms with E-state index in [-0.39, 0.29) is 12.5 Å². The first-order valence-corrected chi connectivity index (χ1v) is 6.34. The van der Waals surface area contributed by atoms with E-state index in [1.165, 1.54) is 0 Å². The van der Waals surface area contributed by atoms with Crippen molar-refractivity contribution in [1.82, 2.24) is 5.32 Å². The first-order valence-electron chi connectivity index (χ1n) is 6.34. The summed E-state index contributed by atoms with van der Waals surface area (Å²) in [5.41, 5.74) is 1.00. The van der Waals surface area contributed by atoms with Gasteiger partial charge >= 0.3 is 5.97 Å². The Labute approximate surface area is 111 Å². The van der Waals surface area contributed by atoms with Gasteiger partial charge in [-0.3, -0.25) is 4.79 Å². The van der Waals surface area contributed by atoms with Crippen LogP contribution in [-0.2, 0) is 25.6 Å². The van der Waals surface area contributed by atoms with Crippen molar-refractivity contribution in [3.05, 3.63) is 35.9 Å². The minimum atomic E-state index is -0.498. The molecule has 1 aliphatic rings. The fourth-order valence-electron chi connectivity index (χ4n) is 1.84. The molecule has 0 saturated carbocycles. The maximum atomic E-state index is 11.5. The van der Waals surface area contributed by atoms with E-state index in [1.54, 1.807) is 0 Å². The molecule has 2 rings (SSSR count). The van der Waals surface area contributed by atoms with Crippen molar-refractivity contribution in [2.75, 3.05) is 13.2 Å². The number of nitrogens with one attached hydrogen (secondary N) is 1. The zero-order valence-corrected chi connectivity index (χ0v) is 10.6. The highest BCUT2D eigenvalue weighted by Gasteiger charge is 2.25. The van der Waals surface area contributed by atoms with E-state index < -0.39 is 12.1 Å². The molecule has 19 heavy (non-hydrogen) atoms. The molecule has 1 fully saturated rings. The number of rotatable bonds is 5. The molecule has 1 aromatic carbocycles. The minimum Gasteiger partial charge on any atom is -0.454 e. The number of hydrogen-bond acceptors (Lipinski definition) is 4. The predicted octanol–water partition coefficient (Wildman–Crippen LogP) is 1.02. The Morgan fingerprint density at radius 1 is 1.32 bits per heavy atom. The molecule has 0 bridgehead atoms. The first kappa shape index (κ1) is 13.5. The van der Waals surface area contributed by atoms with Gasteiger partial charge in [0.1, 0.15) is 0 Å². The Morgan fingerprint density at radius 2 is 2.11 bits per heavy atom. The Bertz CT molecular complexity index is 426. The highest BCUT2D eigenvalue weighted by molar-refractivity contribution is 5.82.